The quantitative estimate of drug-likeness (QED) is 0.288. The van der Waals surface area contributed by atoms with E-state index in [1.807, 2.05) is 13.8 Å². The van der Waals surface area contributed by atoms with Crippen molar-refractivity contribution in [1.29, 1.82) is 0 Å². The molecule has 84 valence electrons. The zero-order chi connectivity index (χ0) is 11.0. The number of nitrogens with two attached hydrogens (primary N) is 1. The third-order valence-electron chi connectivity index (χ3n) is 1.85. The highest BCUT2D eigenvalue weighted by atomic mass is 32.2. The Morgan fingerprint density at radius 1 is 1.57 bits per heavy atom. The molecule has 5 heteroatoms. The number of nitrogens with one attached hydrogen (secondary N) is 1. The molecule has 1 amide bonds. The van der Waals surface area contributed by atoms with Crippen molar-refractivity contribution in [3.63, 3.8) is 0 Å². The summed E-state index contributed by atoms with van der Waals surface area (Å²) in [5.74, 6) is 6.75. The molecule has 3 N–H and O–H groups in total. The fraction of sp³-hybridized carbons (Fsp3) is 0.889. The van der Waals surface area contributed by atoms with Gasteiger partial charge >= 0.3 is 0 Å². The molecule has 0 aromatic heterocycles. The maximum Gasteiger partial charge on any atom is 0.240 e. The lowest BCUT2D eigenvalue weighted by atomic mass is 9.96. The van der Waals surface area contributed by atoms with Crippen molar-refractivity contribution in [2.75, 3.05) is 25.2 Å². The van der Waals surface area contributed by atoms with Crippen LogP contribution in [0.2, 0.25) is 0 Å². The number of hydrazine groups is 1. The molecule has 0 aliphatic carbocycles. The second-order valence-electron chi connectivity index (χ2n) is 3.76. The molecule has 0 saturated heterocycles. The van der Waals surface area contributed by atoms with Crippen LogP contribution in [0.15, 0.2) is 0 Å². The van der Waals surface area contributed by atoms with E-state index < -0.39 is 5.41 Å². The summed E-state index contributed by atoms with van der Waals surface area (Å²) in [6, 6.07) is 0. The van der Waals surface area contributed by atoms with Crippen molar-refractivity contribution in [3.8, 4) is 0 Å². The molecule has 0 bridgehead atoms. The Labute approximate surface area is 89.9 Å². The molecule has 0 aromatic rings. The van der Waals surface area contributed by atoms with Crippen LogP contribution in [0.4, 0.5) is 0 Å². The Morgan fingerprint density at radius 3 is 2.71 bits per heavy atom. The Balaban J connectivity index is 3.60. The summed E-state index contributed by atoms with van der Waals surface area (Å²) >= 11 is 1.75. The van der Waals surface area contributed by atoms with E-state index in [-0.39, 0.29) is 5.91 Å². The molecule has 0 atom stereocenters. The molecule has 14 heavy (non-hydrogen) atoms. The molecule has 0 fully saturated rings. The largest absolute Gasteiger partial charge is 0.385 e. The first-order valence-electron chi connectivity index (χ1n) is 4.62. The molecular formula is C9H20N2O2S. The van der Waals surface area contributed by atoms with Crippen LogP contribution < -0.4 is 11.3 Å². The van der Waals surface area contributed by atoms with E-state index in [2.05, 4.69) is 5.43 Å². The fourth-order valence-electron chi connectivity index (χ4n) is 0.894. The summed E-state index contributed by atoms with van der Waals surface area (Å²) in [5.41, 5.74) is 1.78. The molecule has 0 aliphatic rings. The summed E-state index contributed by atoms with van der Waals surface area (Å²) in [7, 11) is 1.69. The highest BCUT2D eigenvalue weighted by Gasteiger charge is 2.26. The number of ether oxygens (including phenoxy) is 1. The first kappa shape index (κ1) is 13.7. The van der Waals surface area contributed by atoms with Crippen LogP contribution >= 0.6 is 11.8 Å². The third kappa shape index (κ3) is 5.47. The number of thioether (sulfide) groups is 1. The zero-order valence-corrected chi connectivity index (χ0v) is 9.95. The van der Waals surface area contributed by atoms with Crippen molar-refractivity contribution in [1.82, 2.24) is 5.43 Å². The lowest BCUT2D eigenvalue weighted by Gasteiger charge is -2.21. The molecular weight excluding hydrogens is 200 g/mol. The van der Waals surface area contributed by atoms with Crippen molar-refractivity contribution in [2.45, 2.75) is 20.3 Å². The lowest BCUT2D eigenvalue weighted by molar-refractivity contribution is -0.128. The van der Waals surface area contributed by atoms with Crippen LogP contribution in [0, 0.1) is 5.41 Å². The molecule has 0 aliphatic heterocycles. The van der Waals surface area contributed by atoms with Crippen LogP contribution in [0.1, 0.15) is 20.3 Å². The highest BCUT2D eigenvalue weighted by Crippen LogP contribution is 2.21. The molecule has 0 radical (unpaired) electrons. The molecule has 4 nitrogen and oxygen atoms in total. The van der Waals surface area contributed by atoms with Crippen LogP contribution in [-0.4, -0.2) is 31.1 Å². The van der Waals surface area contributed by atoms with Crippen LogP contribution in [0.5, 0.6) is 0 Å². The molecule has 0 spiro atoms. The van der Waals surface area contributed by atoms with Gasteiger partial charge in [-0.3, -0.25) is 10.2 Å². The minimum Gasteiger partial charge on any atom is -0.385 e. The minimum atomic E-state index is -0.396. The van der Waals surface area contributed by atoms with Gasteiger partial charge in [0.15, 0.2) is 0 Å². The van der Waals surface area contributed by atoms with E-state index in [0.717, 1.165) is 24.5 Å². The summed E-state index contributed by atoms with van der Waals surface area (Å²) in [5, 5.41) is 0. The van der Waals surface area contributed by atoms with Crippen molar-refractivity contribution in [2.24, 2.45) is 11.3 Å². The van der Waals surface area contributed by atoms with Gasteiger partial charge in [0.2, 0.25) is 5.91 Å². The van der Waals surface area contributed by atoms with Gasteiger partial charge in [0.05, 0.1) is 5.41 Å². The first-order chi connectivity index (χ1) is 6.54. The van der Waals surface area contributed by atoms with Crippen molar-refractivity contribution < 1.29 is 9.53 Å². The van der Waals surface area contributed by atoms with E-state index in [1.165, 1.54) is 0 Å². The number of carbonyl (C=O) groups excluding carboxylic acids is 1. The van der Waals surface area contributed by atoms with Gasteiger partial charge < -0.3 is 4.74 Å². The van der Waals surface area contributed by atoms with E-state index >= 15 is 0 Å². The molecule has 0 unspecified atom stereocenters. The second-order valence-corrected chi connectivity index (χ2v) is 4.86. The number of hydrogen-bond acceptors (Lipinski definition) is 4. The Bertz CT molecular complexity index is 174. The van der Waals surface area contributed by atoms with E-state index in [4.69, 9.17) is 10.6 Å². The van der Waals surface area contributed by atoms with Gasteiger partial charge in [-0.1, -0.05) is 13.8 Å². The predicted octanol–water partition coefficient (Wildman–Crippen LogP) is 0.772. The SMILES string of the molecule is COCCCSCC(C)(C)C(=O)NN. The molecule has 0 aromatic carbocycles. The number of hydrogen-bond donors (Lipinski definition) is 2. The van der Waals surface area contributed by atoms with Gasteiger partial charge in [0.25, 0.3) is 0 Å². The summed E-state index contributed by atoms with van der Waals surface area (Å²) in [6.45, 7) is 4.55. The van der Waals surface area contributed by atoms with Gasteiger partial charge in [-0.25, -0.2) is 5.84 Å². The molecule has 0 heterocycles. The molecule has 0 rings (SSSR count). The van der Waals surface area contributed by atoms with Crippen LogP contribution in [0.3, 0.4) is 0 Å². The number of amides is 1. The normalized spacial score (nSPS) is 11.4. The molecule has 0 saturated carbocycles. The first-order valence-corrected chi connectivity index (χ1v) is 5.78. The average Bonchev–Trinajstić information content (AvgIpc) is 2.16. The van der Waals surface area contributed by atoms with Gasteiger partial charge in [-0.15, -0.1) is 0 Å². The second kappa shape index (κ2) is 7.09. The topological polar surface area (TPSA) is 64.3 Å². The van der Waals surface area contributed by atoms with E-state index in [9.17, 15) is 4.79 Å². The summed E-state index contributed by atoms with van der Waals surface area (Å²) in [4.78, 5) is 11.3. The Kier molecular flexibility index (Phi) is 6.96. The minimum absolute atomic E-state index is 0.114. The van der Waals surface area contributed by atoms with Crippen LogP contribution in [-0.2, 0) is 9.53 Å². The predicted molar refractivity (Wildman–Crippen MR) is 59.9 cm³/mol. The maximum atomic E-state index is 11.3. The van der Waals surface area contributed by atoms with E-state index in [1.54, 1.807) is 18.9 Å². The van der Waals surface area contributed by atoms with Gasteiger partial charge in [-0.2, -0.15) is 11.8 Å². The Morgan fingerprint density at radius 2 is 2.21 bits per heavy atom. The Hall–Kier alpha value is -0.260. The number of carbonyl (C=O) groups is 1. The third-order valence-corrected chi connectivity index (χ3v) is 3.35. The lowest BCUT2D eigenvalue weighted by Crippen LogP contribution is -2.42. The maximum absolute atomic E-state index is 11.3. The monoisotopic (exact) mass is 220 g/mol. The zero-order valence-electron chi connectivity index (χ0n) is 9.13. The standard InChI is InChI=1S/C9H20N2O2S/c1-9(2,8(12)11-10)7-14-6-4-5-13-3/h4-7,10H2,1-3H3,(H,11,12). The highest BCUT2D eigenvalue weighted by molar-refractivity contribution is 7.99. The smallest absolute Gasteiger partial charge is 0.240 e. The fourth-order valence-corrected chi connectivity index (χ4v) is 2.00. The van der Waals surface area contributed by atoms with E-state index in [0.29, 0.717) is 0 Å². The van der Waals surface area contributed by atoms with Gasteiger partial charge in [0.1, 0.15) is 0 Å². The van der Waals surface area contributed by atoms with Gasteiger partial charge in [0, 0.05) is 19.5 Å². The van der Waals surface area contributed by atoms with Crippen molar-refractivity contribution in [3.05, 3.63) is 0 Å². The average molecular weight is 220 g/mol. The van der Waals surface area contributed by atoms with Gasteiger partial charge in [-0.05, 0) is 12.2 Å². The summed E-state index contributed by atoms with van der Waals surface area (Å²) < 4.78 is 4.93. The van der Waals surface area contributed by atoms with Crippen molar-refractivity contribution >= 4 is 17.7 Å². The summed E-state index contributed by atoms with van der Waals surface area (Å²) in [6.07, 6.45) is 1.02. The number of methoxy groups -OCH3 is 1. The van der Waals surface area contributed by atoms with Crippen LogP contribution in [0.25, 0.3) is 0 Å². The number of rotatable bonds is 7.